The molecule has 0 aliphatic rings. The number of fused-ring (bicyclic) bond motifs is 1. The zero-order valence-electron chi connectivity index (χ0n) is 14.4. The van der Waals surface area contributed by atoms with Gasteiger partial charge in [-0.1, -0.05) is 12.1 Å². The van der Waals surface area contributed by atoms with Crippen molar-refractivity contribution in [3.8, 4) is 0 Å². The summed E-state index contributed by atoms with van der Waals surface area (Å²) in [4.78, 5) is 42.4. The standard InChI is InChI=1S/C16H14N6O5/c1-9-7-10(2)21-16(17-9)19-14(20-21)15(24)27-8-13(23)18-11-5-3-4-6-12(11)22(25)26/h3-7H,8H2,1-2H3,(H,18,23). The van der Waals surface area contributed by atoms with E-state index in [1.54, 1.807) is 19.9 Å². The van der Waals surface area contributed by atoms with Gasteiger partial charge in [-0.05, 0) is 26.0 Å². The fourth-order valence-electron chi connectivity index (χ4n) is 2.37. The van der Waals surface area contributed by atoms with Gasteiger partial charge in [0.2, 0.25) is 0 Å². The summed E-state index contributed by atoms with van der Waals surface area (Å²) in [5.41, 5.74) is 1.19. The minimum absolute atomic E-state index is 0.00436. The molecule has 3 aromatic rings. The van der Waals surface area contributed by atoms with E-state index >= 15 is 0 Å². The maximum Gasteiger partial charge on any atom is 0.378 e. The summed E-state index contributed by atoms with van der Waals surface area (Å²) in [5.74, 6) is -1.64. The second kappa shape index (κ2) is 7.15. The third-order valence-electron chi connectivity index (χ3n) is 3.51. The largest absolute Gasteiger partial charge is 0.450 e. The number of rotatable bonds is 5. The maximum atomic E-state index is 12.1. The predicted octanol–water partition coefficient (Wildman–Crippen LogP) is 1.44. The quantitative estimate of drug-likeness (QED) is 0.404. The molecule has 27 heavy (non-hydrogen) atoms. The Labute approximate surface area is 152 Å². The molecule has 11 heteroatoms. The van der Waals surface area contributed by atoms with Crippen molar-refractivity contribution in [2.75, 3.05) is 11.9 Å². The number of ether oxygens (including phenoxy) is 1. The molecule has 1 N–H and O–H groups in total. The first kappa shape index (κ1) is 17.9. The van der Waals surface area contributed by atoms with Crippen LogP contribution in [0.3, 0.4) is 0 Å². The summed E-state index contributed by atoms with van der Waals surface area (Å²) in [5, 5.41) is 17.3. The summed E-state index contributed by atoms with van der Waals surface area (Å²) < 4.78 is 6.26. The molecule has 0 saturated carbocycles. The summed E-state index contributed by atoms with van der Waals surface area (Å²) in [7, 11) is 0. The molecule has 0 aliphatic carbocycles. The Hall–Kier alpha value is -3.89. The lowest BCUT2D eigenvalue weighted by Gasteiger charge is -2.05. The van der Waals surface area contributed by atoms with Crippen LogP contribution in [0.2, 0.25) is 0 Å². The number of nitrogens with one attached hydrogen (secondary N) is 1. The van der Waals surface area contributed by atoms with Crippen LogP contribution in [0.1, 0.15) is 22.0 Å². The number of hydrogen-bond acceptors (Lipinski definition) is 8. The number of nitro benzene ring substituents is 1. The van der Waals surface area contributed by atoms with Crippen molar-refractivity contribution in [1.29, 1.82) is 0 Å². The molecule has 0 bridgehead atoms. The Morgan fingerprint density at radius 1 is 1.26 bits per heavy atom. The van der Waals surface area contributed by atoms with Crippen molar-refractivity contribution >= 4 is 29.0 Å². The van der Waals surface area contributed by atoms with Crippen LogP contribution in [0, 0.1) is 24.0 Å². The molecule has 2 heterocycles. The SMILES string of the molecule is Cc1cc(C)n2nc(C(=O)OCC(=O)Nc3ccccc3[N+](=O)[O-])nc2n1. The third kappa shape index (κ3) is 3.86. The van der Waals surface area contributed by atoms with Crippen LogP contribution < -0.4 is 5.32 Å². The number of carbonyl (C=O) groups excluding carboxylic acids is 2. The molecule has 138 valence electrons. The zero-order valence-corrected chi connectivity index (χ0v) is 14.4. The van der Waals surface area contributed by atoms with Gasteiger partial charge in [0.15, 0.2) is 6.61 Å². The number of nitrogens with zero attached hydrogens (tertiary/aromatic N) is 5. The lowest BCUT2D eigenvalue weighted by Crippen LogP contribution is -2.22. The first-order chi connectivity index (χ1) is 12.8. The second-order valence-electron chi connectivity index (χ2n) is 5.58. The van der Waals surface area contributed by atoms with Crippen molar-refractivity contribution in [3.63, 3.8) is 0 Å². The van der Waals surface area contributed by atoms with Gasteiger partial charge in [0, 0.05) is 17.5 Å². The van der Waals surface area contributed by atoms with Gasteiger partial charge < -0.3 is 10.1 Å². The molecular formula is C16H14N6O5. The van der Waals surface area contributed by atoms with E-state index in [1.807, 2.05) is 0 Å². The Kier molecular flexibility index (Phi) is 4.75. The normalized spacial score (nSPS) is 10.6. The van der Waals surface area contributed by atoms with Crippen LogP contribution in [-0.4, -0.2) is 43.0 Å². The van der Waals surface area contributed by atoms with Gasteiger partial charge in [-0.3, -0.25) is 14.9 Å². The van der Waals surface area contributed by atoms with Crippen LogP contribution >= 0.6 is 0 Å². The number of para-hydroxylation sites is 2. The number of hydrogen-bond donors (Lipinski definition) is 1. The van der Waals surface area contributed by atoms with Crippen molar-refractivity contribution in [1.82, 2.24) is 19.6 Å². The molecule has 0 radical (unpaired) electrons. The summed E-state index contributed by atoms with van der Waals surface area (Å²) in [6, 6.07) is 7.40. The minimum Gasteiger partial charge on any atom is -0.450 e. The number of esters is 1. The number of amides is 1. The molecule has 0 saturated heterocycles. The van der Waals surface area contributed by atoms with Gasteiger partial charge >= 0.3 is 5.97 Å². The highest BCUT2D eigenvalue weighted by atomic mass is 16.6. The van der Waals surface area contributed by atoms with E-state index < -0.39 is 23.4 Å². The summed E-state index contributed by atoms with van der Waals surface area (Å²) in [6.45, 7) is 2.92. The minimum atomic E-state index is -0.907. The molecule has 2 aromatic heterocycles. The lowest BCUT2D eigenvalue weighted by atomic mass is 10.2. The Morgan fingerprint density at radius 2 is 2.00 bits per heavy atom. The molecule has 1 amide bonds. The van der Waals surface area contributed by atoms with Crippen LogP contribution in [0.5, 0.6) is 0 Å². The number of benzene rings is 1. The van der Waals surface area contributed by atoms with Crippen molar-refractivity contribution in [2.24, 2.45) is 0 Å². The van der Waals surface area contributed by atoms with Gasteiger partial charge in [-0.2, -0.15) is 4.98 Å². The maximum absolute atomic E-state index is 12.1. The number of nitro groups is 1. The van der Waals surface area contributed by atoms with Crippen molar-refractivity contribution in [3.05, 3.63) is 57.7 Å². The molecular weight excluding hydrogens is 356 g/mol. The number of aromatic nitrogens is 4. The second-order valence-corrected chi connectivity index (χ2v) is 5.58. The van der Waals surface area contributed by atoms with E-state index in [9.17, 15) is 19.7 Å². The average Bonchev–Trinajstić information content (AvgIpc) is 3.04. The highest BCUT2D eigenvalue weighted by Gasteiger charge is 2.19. The molecule has 0 fully saturated rings. The predicted molar refractivity (Wildman–Crippen MR) is 92.3 cm³/mol. The summed E-state index contributed by atoms with van der Waals surface area (Å²) in [6.07, 6.45) is 0. The summed E-state index contributed by atoms with van der Waals surface area (Å²) >= 11 is 0. The van der Waals surface area contributed by atoms with E-state index in [1.165, 1.54) is 28.8 Å². The van der Waals surface area contributed by atoms with Gasteiger partial charge in [-0.25, -0.2) is 14.3 Å². The highest BCUT2D eigenvalue weighted by molar-refractivity contribution is 5.96. The van der Waals surface area contributed by atoms with Crippen molar-refractivity contribution < 1.29 is 19.2 Å². The number of aryl methyl sites for hydroxylation is 2. The van der Waals surface area contributed by atoms with E-state index in [0.29, 0.717) is 0 Å². The third-order valence-corrected chi connectivity index (χ3v) is 3.51. The van der Waals surface area contributed by atoms with E-state index in [0.717, 1.165) is 11.4 Å². The number of carbonyl (C=O) groups is 2. The van der Waals surface area contributed by atoms with Gasteiger partial charge in [0.05, 0.1) is 4.92 Å². The Morgan fingerprint density at radius 3 is 2.74 bits per heavy atom. The molecule has 3 rings (SSSR count). The smallest absolute Gasteiger partial charge is 0.378 e. The monoisotopic (exact) mass is 370 g/mol. The fraction of sp³-hybridized carbons (Fsp3) is 0.188. The zero-order chi connectivity index (χ0) is 19.6. The number of anilines is 1. The Balaban J connectivity index is 1.66. The topological polar surface area (TPSA) is 142 Å². The van der Waals surface area contributed by atoms with Crippen LogP contribution in [0.25, 0.3) is 5.78 Å². The van der Waals surface area contributed by atoms with E-state index in [-0.39, 0.29) is 23.0 Å². The molecule has 0 atom stereocenters. The van der Waals surface area contributed by atoms with Gasteiger partial charge in [0.1, 0.15) is 5.69 Å². The van der Waals surface area contributed by atoms with Crippen molar-refractivity contribution in [2.45, 2.75) is 13.8 Å². The van der Waals surface area contributed by atoms with E-state index in [2.05, 4.69) is 20.4 Å². The molecule has 0 unspecified atom stereocenters. The molecule has 11 nitrogen and oxygen atoms in total. The van der Waals surface area contributed by atoms with E-state index in [4.69, 9.17) is 4.74 Å². The average molecular weight is 370 g/mol. The van der Waals surface area contributed by atoms with Crippen LogP contribution in [-0.2, 0) is 9.53 Å². The van der Waals surface area contributed by atoms with Gasteiger partial charge in [-0.15, -0.1) is 5.10 Å². The fourth-order valence-corrected chi connectivity index (χ4v) is 2.37. The highest BCUT2D eigenvalue weighted by Crippen LogP contribution is 2.22. The molecule has 0 aliphatic heterocycles. The molecule has 0 spiro atoms. The van der Waals surface area contributed by atoms with Crippen LogP contribution in [0.4, 0.5) is 11.4 Å². The Bertz CT molecular complexity index is 1060. The first-order valence-electron chi connectivity index (χ1n) is 7.76. The molecule has 1 aromatic carbocycles. The lowest BCUT2D eigenvalue weighted by molar-refractivity contribution is -0.383. The van der Waals surface area contributed by atoms with Crippen LogP contribution in [0.15, 0.2) is 30.3 Å². The van der Waals surface area contributed by atoms with Gasteiger partial charge in [0.25, 0.3) is 23.2 Å². The first-order valence-corrected chi connectivity index (χ1v) is 7.76.